The van der Waals surface area contributed by atoms with Gasteiger partial charge in [0.25, 0.3) is 0 Å². The Bertz CT molecular complexity index is 585. The Morgan fingerprint density at radius 3 is 2.55 bits per heavy atom. The molecule has 0 fully saturated rings. The summed E-state index contributed by atoms with van der Waals surface area (Å²) < 4.78 is 3.77. The standard InChI is InChI=1S/C15H24N4O/c1-6-10(2)19-8-7-13(17-19)9-14(20)15-11(3)16-18(5)12(15)4/h7-8,10,14,20H,6,9H2,1-5H3. The van der Waals surface area contributed by atoms with E-state index >= 15 is 0 Å². The quantitative estimate of drug-likeness (QED) is 0.912. The zero-order valence-electron chi connectivity index (χ0n) is 13.0. The van der Waals surface area contributed by atoms with E-state index < -0.39 is 6.10 Å². The van der Waals surface area contributed by atoms with Crippen molar-refractivity contribution in [2.45, 2.75) is 52.7 Å². The van der Waals surface area contributed by atoms with Crippen LogP contribution in [0.2, 0.25) is 0 Å². The Labute approximate surface area is 120 Å². The van der Waals surface area contributed by atoms with Crippen LogP contribution in [0.3, 0.4) is 0 Å². The monoisotopic (exact) mass is 276 g/mol. The van der Waals surface area contributed by atoms with E-state index in [4.69, 9.17) is 0 Å². The molecule has 20 heavy (non-hydrogen) atoms. The summed E-state index contributed by atoms with van der Waals surface area (Å²) in [4.78, 5) is 0. The summed E-state index contributed by atoms with van der Waals surface area (Å²) in [5, 5.41) is 19.3. The van der Waals surface area contributed by atoms with Gasteiger partial charge < -0.3 is 5.11 Å². The fourth-order valence-corrected chi connectivity index (χ4v) is 2.49. The van der Waals surface area contributed by atoms with Gasteiger partial charge in [-0.2, -0.15) is 10.2 Å². The van der Waals surface area contributed by atoms with Crippen molar-refractivity contribution < 1.29 is 5.11 Å². The summed E-state index contributed by atoms with van der Waals surface area (Å²) in [7, 11) is 1.90. The molecule has 5 heteroatoms. The number of aromatic nitrogens is 4. The second kappa shape index (κ2) is 5.79. The number of rotatable bonds is 5. The number of aryl methyl sites for hydroxylation is 2. The van der Waals surface area contributed by atoms with Crippen molar-refractivity contribution >= 4 is 0 Å². The van der Waals surface area contributed by atoms with Crippen LogP contribution in [0.15, 0.2) is 12.3 Å². The number of aliphatic hydroxyl groups is 1. The molecule has 2 unspecified atom stereocenters. The maximum absolute atomic E-state index is 10.5. The molecule has 0 radical (unpaired) electrons. The second-order valence-corrected chi connectivity index (χ2v) is 5.47. The Morgan fingerprint density at radius 1 is 1.30 bits per heavy atom. The van der Waals surface area contributed by atoms with Gasteiger partial charge in [0.2, 0.25) is 0 Å². The highest BCUT2D eigenvalue weighted by Gasteiger charge is 2.19. The van der Waals surface area contributed by atoms with E-state index in [2.05, 4.69) is 24.0 Å². The van der Waals surface area contributed by atoms with E-state index in [-0.39, 0.29) is 0 Å². The van der Waals surface area contributed by atoms with Crippen molar-refractivity contribution in [3.8, 4) is 0 Å². The Kier molecular flexibility index (Phi) is 4.28. The molecule has 110 valence electrons. The number of nitrogens with zero attached hydrogens (tertiary/aromatic N) is 4. The van der Waals surface area contributed by atoms with Gasteiger partial charge in [0.1, 0.15) is 0 Å². The van der Waals surface area contributed by atoms with Crippen molar-refractivity contribution in [1.82, 2.24) is 19.6 Å². The molecule has 1 N–H and O–H groups in total. The van der Waals surface area contributed by atoms with Crippen LogP contribution in [-0.2, 0) is 13.5 Å². The molecular formula is C15H24N4O. The van der Waals surface area contributed by atoms with E-state index in [9.17, 15) is 5.11 Å². The van der Waals surface area contributed by atoms with Gasteiger partial charge in [0.15, 0.2) is 0 Å². The topological polar surface area (TPSA) is 55.9 Å². The van der Waals surface area contributed by atoms with Gasteiger partial charge in [-0.25, -0.2) is 0 Å². The van der Waals surface area contributed by atoms with Crippen LogP contribution in [0.4, 0.5) is 0 Å². The van der Waals surface area contributed by atoms with Crippen LogP contribution >= 0.6 is 0 Å². The molecule has 0 aliphatic rings. The molecule has 2 aromatic heterocycles. The lowest BCUT2D eigenvalue weighted by Gasteiger charge is -2.11. The molecule has 0 bridgehead atoms. The minimum Gasteiger partial charge on any atom is -0.388 e. The number of aliphatic hydroxyl groups excluding tert-OH is 1. The summed E-state index contributed by atoms with van der Waals surface area (Å²) >= 11 is 0. The largest absolute Gasteiger partial charge is 0.388 e. The van der Waals surface area contributed by atoms with Gasteiger partial charge in [-0.3, -0.25) is 9.36 Å². The van der Waals surface area contributed by atoms with Crippen molar-refractivity contribution in [1.29, 1.82) is 0 Å². The van der Waals surface area contributed by atoms with Crippen molar-refractivity contribution in [3.63, 3.8) is 0 Å². The average molecular weight is 276 g/mol. The third kappa shape index (κ3) is 2.77. The van der Waals surface area contributed by atoms with Gasteiger partial charge in [-0.05, 0) is 33.3 Å². The number of hydrogen-bond donors (Lipinski definition) is 1. The summed E-state index contributed by atoms with van der Waals surface area (Å²) in [5.41, 5.74) is 3.74. The van der Waals surface area contributed by atoms with E-state index in [0.717, 1.165) is 29.1 Å². The first-order valence-corrected chi connectivity index (χ1v) is 7.16. The predicted molar refractivity (Wildman–Crippen MR) is 78.6 cm³/mol. The maximum atomic E-state index is 10.5. The lowest BCUT2D eigenvalue weighted by atomic mass is 10.0. The Hall–Kier alpha value is -1.62. The molecule has 0 spiro atoms. The fraction of sp³-hybridized carbons (Fsp3) is 0.600. The molecule has 0 saturated heterocycles. The minimum absolute atomic E-state index is 0.391. The molecule has 0 amide bonds. The molecule has 2 atom stereocenters. The highest BCUT2D eigenvalue weighted by Crippen LogP contribution is 2.24. The van der Waals surface area contributed by atoms with Crippen LogP contribution in [0.1, 0.15) is 55.1 Å². The zero-order chi connectivity index (χ0) is 14.9. The zero-order valence-corrected chi connectivity index (χ0v) is 13.0. The molecule has 2 rings (SSSR count). The van der Waals surface area contributed by atoms with E-state index in [1.54, 1.807) is 0 Å². The molecule has 2 heterocycles. The minimum atomic E-state index is -0.552. The lowest BCUT2D eigenvalue weighted by Crippen LogP contribution is -2.08. The Morgan fingerprint density at radius 2 is 2.00 bits per heavy atom. The van der Waals surface area contributed by atoms with Crippen molar-refractivity contribution in [2.75, 3.05) is 0 Å². The molecule has 0 aromatic carbocycles. The lowest BCUT2D eigenvalue weighted by molar-refractivity contribution is 0.175. The Balaban J connectivity index is 2.15. The fourth-order valence-electron chi connectivity index (χ4n) is 2.49. The second-order valence-electron chi connectivity index (χ2n) is 5.47. The first-order valence-electron chi connectivity index (χ1n) is 7.16. The summed E-state index contributed by atoms with van der Waals surface area (Å²) in [5.74, 6) is 0. The third-order valence-electron chi connectivity index (χ3n) is 4.01. The highest BCUT2D eigenvalue weighted by molar-refractivity contribution is 5.27. The highest BCUT2D eigenvalue weighted by atomic mass is 16.3. The van der Waals surface area contributed by atoms with E-state index in [1.807, 2.05) is 42.5 Å². The average Bonchev–Trinajstić information content (AvgIpc) is 2.94. The van der Waals surface area contributed by atoms with Crippen LogP contribution in [0.5, 0.6) is 0 Å². The molecule has 0 saturated carbocycles. The van der Waals surface area contributed by atoms with Crippen LogP contribution in [0, 0.1) is 13.8 Å². The smallest absolute Gasteiger partial charge is 0.0881 e. The van der Waals surface area contributed by atoms with E-state index in [0.29, 0.717) is 12.5 Å². The summed E-state index contributed by atoms with van der Waals surface area (Å²) in [6.45, 7) is 8.20. The van der Waals surface area contributed by atoms with E-state index in [1.165, 1.54) is 0 Å². The first kappa shape index (κ1) is 14.8. The van der Waals surface area contributed by atoms with Crippen LogP contribution in [0.25, 0.3) is 0 Å². The molecule has 0 aliphatic heterocycles. The molecule has 2 aromatic rings. The van der Waals surface area contributed by atoms with Gasteiger partial charge in [-0.1, -0.05) is 6.92 Å². The summed E-state index contributed by atoms with van der Waals surface area (Å²) in [6, 6.07) is 2.37. The third-order valence-corrected chi connectivity index (χ3v) is 4.01. The van der Waals surface area contributed by atoms with Gasteiger partial charge in [0, 0.05) is 37.0 Å². The van der Waals surface area contributed by atoms with Gasteiger partial charge >= 0.3 is 0 Å². The summed E-state index contributed by atoms with van der Waals surface area (Å²) in [6.07, 6.45) is 3.00. The van der Waals surface area contributed by atoms with Gasteiger partial charge in [0.05, 0.1) is 17.5 Å². The number of hydrogen-bond acceptors (Lipinski definition) is 3. The van der Waals surface area contributed by atoms with Gasteiger partial charge in [-0.15, -0.1) is 0 Å². The molecule has 0 aliphatic carbocycles. The van der Waals surface area contributed by atoms with Crippen LogP contribution < -0.4 is 0 Å². The molecule has 5 nitrogen and oxygen atoms in total. The maximum Gasteiger partial charge on any atom is 0.0881 e. The van der Waals surface area contributed by atoms with Crippen molar-refractivity contribution in [3.05, 3.63) is 34.9 Å². The predicted octanol–water partition coefficient (Wildman–Crippen LogP) is 2.48. The normalized spacial score (nSPS) is 14.5. The molecular weight excluding hydrogens is 252 g/mol. The first-order chi connectivity index (χ1) is 9.43. The van der Waals surface area contributed by atoms with Crippen LogP contribution in [-0.4, -0.2) is 24.7 Å². The SMILES string of the molecule is CCC(C)n1ccc(CC(O)c2c(C)nn(C)c2C)n1. The van der Waals surface area contributed by atoms with Crippen molar-refractivity contribution in [2.24, 2.45) is 7.05 Å².